The lowest BCUT2D eigenvalue weighted by molar-refractivity contribution is -0.140. The molecule has 0 fully saturated rings. The van der Waals surface area contributed by atoms with Crippen LogP contribution < -0.4 is 4.74 Å². The minimum Gasteiger partial charge on any atom is -0.425 e. The van der Waals surface area contributed by atoms with Gasteiger partial charge in [-0.25, -0.2) is 0 Å². The van der Waals surface area contributed by atoms with Gasteiger partial charge in [0.25, 0.3) is 0 Å². The van der Waals surface area contributed by atoms with Gasteiger partial charge in [0, 0.05) is 22.4 Å². The van der Waals surface area contributed by atoms with Crippen LogP contribution in [0, 0.1) is 5.92 Å². The molecule has 1 heterocycles. The van der Waals surface area contributed by atoms with Crippen molar-refractivity contribution in [3.05, 3.63) is 112 Å². The molecule has 3 aromatic carbocycles. The van der Waals surface area contributed by atoms with Crippen molar-refractivity contribution in [1.82, 2.24) is 0 Å². The Morgan fingerprint density at radius 3 is 2.29 bits per heavy atom. The average molecular weight is 429 g/mol. The predicted molar refractivity (Wildman–Crippen MR) is 120 cm³/mol. The number of esters is 1. The highest BCUT2D eigenvalue weighted by atomic mass is 35.5. The fourth-order valence-electron chi connectivity index (χ4n) is 5.56. The second kappa shape index (κ2) is 7.51. The van der Waals surface area contributed by atoms with Crippen molar-refractivity contribution in [2.24, 2.45) is 5.92 Å². The number of hydrogen-bond donors (Lipinski definition) is 0. The highest BCUT2D eigenvalue weighted by Crippen LogP contribution is 2.62. The molecule has 154 valence electrons. The van der Waals surface area contributed by atoms with E-state index in [0.29, 0.717) is 16.3 Å². The maximum Gasteiger partial charge on any atom is 0.323 e. The van der Waals surface area contributed by atoms with Gasteiger partial charge in [-0.15, -0.1) is 0 Å². The van der Waals surface area contributed by atoms with E-state index in [1.807, 2.05) is 84.9 Å². The van der Waals surface area contributed by atoms with Crippen molar-refractivity contribution in [3.8, 4) is 5.75 Å². The Bertz CT molecular complexity index is 1180. The van der Waals surface area contributed by atoms with E-state index in [0.717, 1.165) is 23.0 Å². The third kappa shape index (κ3) is 2.88. The fourth-order valence-corrected chi connectivity index (χ4v) is 5.68. The number of ether oxygens (including phenoxy) is 1. The molecule has 0 amide bonds. The lowest BCUT2D eigenvalue weighted by Crippen LogP contribution is -2.50. The number of fused-ring (bicyclic) bond motifs is 2. The topological polar surface area (TPSA) is 43.4 Å². The molecule has 0 N–H and O–H groups in total. The molecule has 31 heavy (non-hydrogen) atoms. The quantitative estimate of drug-likeness (QED) is 0.299. The van der Waals surface area contributed by atoms with E-state index in [9.17, 15) is 9.59 Å². The molecule has 1 aliphatic carbocycles. The van der Waals surface area contributed by atoms with Crippen LogP contribution in [0.3, 0.4) is 0 Å². The number of carbonyl (C=O) groups is 2. The first-order valence-electron chi connectivity index (χ1n) is 10.4. The zero-order valence-electron chi connectivity index (χ0n) is 17.0. The first-order valence-corrected chi connectivity index (χ1v) is 10.7. The van der Waals surface area contributed by atoms with E-state index in [-0.39, 0.29) is 17.8 Å². The highest BCUT2D eigenvalue weighted by Gasteiger charge is 2.63. The summed E-state index contributed by atoms with van der Waals surface area (Å²) in [4.78, 5) is 26.2. The van der Waals surface area contributed by atoms with Gasteiger partial charge < -0.3 is 4.74 Å². The second-order valence-corrected chi connectivity index (χ2v) is 8.71. The summed E-state index contributed by atoms with van der Waals surface area (Å²) in [6, 6.07) is 25.0. The summed E-state index contributed by atoms with van der Waals surface area (Å²) in [5.74, 6) is -0.511. The Morgan fingerprint density at radius 2 is 1.58 bits per heavy atom. The van der Waals surface area contributed by atoms with Crippen LogP contribution >= 0.6 is 11.6 Å². The molecule has 4 heteroatoms. The average Bonchev–Trinajstić information content (AvgIpc) is 3.07. The smallest absolute Gasteiger partial charge is 0.323 e. The minimum atomic E-state index is -1.06. The van der Waals surface area contributed by atoms with Crippen LogP contribution in [-0.4, -0.2) is 12.3 Å². The molecule has 3 nitrogen and oxygen atoms in total. The van der Waals surface area contributed by atoms with Crippen molar-refractivity contribution in [1.29, 1.82) is 0 Å². The van der Waals surface area contributed by atoms with Gasteiger partial charge in [0.2, 0.25) is 0 Å². The van der Waals surface area contributed by atoms with Crippen molar-refractivity contribution in [2.45, 2.75) is 24.2 Å². The molecular formula is C27H21ClO3. The molecule has 0 radical (unpaired) electrons. The first-order chi connectivity index (χ1) is 15.1. The van der Waals surface area contributed by atoms with Gasteiger partial charge in [0.05, 0.1) is 0 Å². The van der Waals surface area contributed by atoms with E-state index < -0.39 is 11.3 Å². The van der Waals surface area contributed by atoms with E-state index >= 15 is 0 Å². The Morgan fingerprint density at radius 1 is 0.903 bits per heavy atom. The summed E-state index contributed by atoms with van der Waals surface area (Å²) in [5, 5.41) is 0.638. The number of aldehydes is 1. The number of carbonyl (C=O) groups excluding carboxylic acids is 2. The van der Waals surface area contributed by atoms with Gasteiger partial charge in [-0.1, -0.05) is 85.3 Å². The maximum atomic E-state index is 13.9. The summed E-state index contributed by atoms with van der Waals surface area (Å²) in [6.45, 7) is 2.06. The normalized spacial score (nSPS) is 26.8. The molecule has 5 rings (SSSR count). The SMILES string of the molecule is C[C@H]1C=C(C=O)[C@@H](c2ccccc2)[C@]2(C(=O)Oc3ccccc32)[C@@H]1c1ccc(Cl)cc1. The van der Waals surface area contributed by atoms with E-state index in [4.69, 9.17) is 16.3 Å². The first kappa shape index (κ1) is 19.8. The molecule has 1 aliphatic heterocycles. The van der Waals surface area contributed by atoms with Crippen molar-refractivity contribution in [2.75, 3.05) is 0 Å². The molecule has 0 saturated carbocycles. The molecule has 2 aliphatic rings. The summed E-state index contributed by atoms with van der Waals surface area (Å²) < 4.78 is 5.86. The number of benzene rings is 3. The Labute approximate surface area is 186 Å². The van der Waals surface area contributed by atoms with Crippen LogP contribution in [0.2, 0.25) is 5.02 Å². The van der Waals surface area contributed by atoms with Gasteiger partial charge in [-0.2, -0.15) is 0 Å². The molecule has 3 aromatic rings. The summed E-state index contributed by atoms with van der Waals surface area (Å²) in [6.07, 6.45) is 2.89. The Kier molecular flexibility index (Phi) is 4.79. The van der Waals surface area contributed by atoms with Gasteiger partial charge >= 0.3 is 5.97 Å². The second-order valence-electron chi connectivity index (χ2n) is 8.27. The fraction of sp³-hybridized carbons (Fsp3) is 0.185. The molecule has 0 saturated heterocycles. The molecule has 0 aromatic heterocycles. The van der Waals surface area contributed by atoms with Crippen molar-refractivity contribution in [3.63, 3.8) is 0 Å². The van der Waals surface area contributed by atoms with Gasteiger partial charge in [0.15, 0.2) is 0 Å². The Hall–Kier alpha value is -3.17. The standard InChI is InChI=1S/C27H21ClO3/c1-17-15-20(16-29)25(18-7-3-2-4-8-18)27(24(17)19-11-13-21(28)14-12-19)22-9-5-6-10-23(22)31-26(27)30/h2-17,24-25H,1H3/t17-,24-,25+,27+/m0/s1. The van der Waals surface area contributed by atoms with Crippen LogP contribution in [0.15, 0.2) is 90.5 Å². The zero-order valence-corrected chi connectivity index (χ0v) is 17.8. The number of halogens is 1. The van der Waals surface area contributed by atoms with Crippen LogP contribution in [0.4, 0.5) is 0 Å². The lowest BCUT2D eigenvalue weighted by atomic mass is 9.52. The molecule has 0 bridgehead atoms. The number of para-hydroxylation sites is 1. The third-order valence-electron chi connectivity index (χ3n) is 6.63. The zero-order chi connectivity index (χ0) is 21.6. The van der Waals surface area contributed by atoms with Crippen LogP contribution in [0.5, 0.6) is 5.75 Å². The molecular weight excluding hydrogens is 408 g/mol. The van der Waals surface area contributed by atoms with Crippen LogP contribution in [0.25, 0.3) is 0 Å². The lowest BCUT2D eigenvalue weighted by Gasteiger charge is -2.47. The van der Waals surface area contributed by atoms with Crippen LogP contribution in [-0.2, 0) is 15.0 Å². The molecule has 0 unspecified atom stereocenters. The van der Waals surface area contributed by atoms with Crippen molar-refractivity contribution < 1.29 is 14.3 Å². The predicted octanol–water partition coefficient (Wildman–Crippen LogP) is 5.84. The highest BCUT2D eigenvalue weighted by molar-refractivity contribution is 6.30. The molecule has 4 atom stereocenters. The molecule has 1 spiro atoms. The minimum absolute atomic E-state index is 0.0694. The van der Waals surface area contributed by atoms with Gasteiger partial charge in [0.1, 0.15) is 17.5 Å². The van der Waals surface area contributed by atoms with E-state index in [1.54, 1.807) is 0 Å². The number of rotatable bonds is 3. The Balaban J connectivity index is 1.87. The summed E-state index contributed by atoms with van der Waals surface area (Å²) in [7, 11) is 0. The maximum absolute atomic E-state index is 13.9. The van der Waals surface area contributed by atoms with Gasteiger partial charge in [-0.05, 0) is 40.8 Å². The summed E-state index contributed by atoms with van der Waals surface area (Å²) >= 11 is 6.17. The summed E-state index contributed by atoms with van der Waals surface area (Å²) in [5.41, 5.74) is 2.29. The monoisotopic (exact) mass is 428 g/mol. The van der Waals surface area contributed by atoms with Crippen LogP contribution in [0.1, 0.15) is 35.4 Å². The van der Waals surface area contributed by atoms with Gasteiger partial charge in [-0.3, -0.25) is 9.59 Å². The number of allylic oxidation sites excluding steroid dienone is 2. The van der Waals surface area contributed by atoms with Crippen molar-refractivity contribution >= 4 is 23.9 Å². The largest absolute Gasteiger partial charge is 0.425 e. The number of hydrogen-bond acceptors (Lipinski definition) is 3. The van der Waals surface area contributed by atoms with E-state index in [1.165, 1.54) is 0 Å². The third-order valence-corrected chi connectivity index (χ3v) is 6.88. The van der Waals surface area contributed by atoms with E-state index in [2.05, 4.69) is 6.92 Å².